The van der Waals surface area contributed by atoms with Crippen LogP contribution in [0, 0.1) is 5.41 Å². The molecule has 2 unspecified atom stereocenters. The summed E-state index contributed by atoms with van der Waals surface area (Å²) in [6.45, 7) is 6.43. The Labute approximate surface area is 131 Å². The molecule has 0 saturated heterocycles. The summed E-state index contributed by atoms with van der Waals surface area (Å²) in [6.07, 6.45) is 0.491. The first-order valence-corrected chi connectivity index (χ1v) is 6.82. The molecule has 5 nitrogen and oxygen atoms in total. The Kier molecular flexibility index (Phi) is 5.25. The molecule has 1 fully saturated rings. The summed E-state index contributed by atoms with van der Waals surface area (Å²) in [5, 5.41) is 12.2. The van der Waals surface area contributed by atoms with Crippen LogP contribution >= 0.6 is 12.4 Å². The normalized spacial score (nSPS) is 26.4. The number of aromatic hydroxyl groups is 1. The average Bonchev–Trinajstić information content (AvgIpc) is 2.38. The van der Waals surface area contributed by atoms with E-state index < -0.39 is 11.0 Å². The van der Waals surface area contributed by atoms with Crippen LogP contribution in [0.15, 0.2) is 24.3 Å². The van der Waals surface area contributed by atoms with E-state index in [1.807, 2.05) is 20.8 Å². The molecule has 21 heavy (non-hydrogen) atoms. The molecular formula is C15H23ClN2O3. The fraction of sp³-hybridized carbons (Fsp3) is 0.533. The van der Waals surface area contributed by atoms with Gasteiger partial charge in [-0.05, 0) is 19.1 Å². The maximum Gasteiger partial charge on any atom is 0.245 e. The molecule has 0 bridgehead atoms. The van der Waals surface area contributed by atoms with Crippen molar-refractivity contribution in [3.8, 4) is 5.75 Å². The molecule has 0 aromatic heterocycles. The molecule has 118 valence electrons. The van der Waals surface area contributed by atoms with Crippen molar-refractivity contribution in [3.05, 3.63) is 24.3 Å². The lowest BCUT2D eigenvalue weighted by molar-refractivity contribution is -0.166. The molecule has 6 heteroatoms. The summed E-state index contributed by atoms with van der Waals surface area (Å²) < 4.78 is 5.61. The summed E-state index contributed by atoms with van der Waals surface area (Å²) in [5.41, 5.74) is 5.43. The molecule has 1 amide bonds. The fourth-order valence-electron chi connectivity index (χ4n) is 2.65. The topological polar surface area (TPSA) is 84.6 Å². The minimum Gasteiger partial charge on any atom is -0.508 e. The van der Waals surface area contributed by atoms with Gasteiger partial charge in [-0.2, -0.15) is 0 Å². The lowest BCUT2D eigenvalue weighted by Gasteiger charge is -2.57. The Morgan fingerprint density at radius 3 is 2.71 bits per heavy atom. The lowest BCUT2D eigenvalue weighted by atomic mass is 9.54. The van der Waals surface area contributed by atoms with Crippen LogP contribution in [-0.4, -0.2) is 29.3 Å². The van der Waals surface area contributed by atoms with Gasteiger partial charge in [-0.25, -0.2) is 0 Å². The quantitative estimate of drug-likeness (QED) is 0.796. The van der Waals surface area contributed by atoms with Crippen molar-refractivity contribution >= 4 is 24.0 Å². The number of carbonyl (C=O) groups excluding carboxylic acids is 1. The van der Waals surface area contributed by atoms with E-state index in [4.69, 9.17) is 10.5 Å². The molecule has 2 rings (SSSR count). The van der Waals surface area contributed by atoms with Gasteiger partial charge in [0.15, 0.2) is 0 Å². The van der Waals surface area contributed by atoms with E-state index in [9.17, 15) is 9.90 Å². The fourth-order valence-corrected chi connectivity index (χ4v) is 2.65. The predicted molar refractivity (Wildman–Crippen MR) is 84.7 cm³/mol. The predicted octanol–water partition coefficient (Wildman–Crippen LogP) is 2.28. The molecule has 4 N–H and O–H groups in total. The van der Waals surface area contributed by atoms with E-state index in [1.54, 1.807) is 18.2 Å². The Balaban J connectivity index is 0.00000220. The van der Waals surface area contributed by atoms with Gasteiger partial charge < -0.3 is 20.9 Å². The summed E-state index contributed by atoms with van der Waals surface area (Å²) >= 11 is 0. The van der Waals surface area contributed by atoms with E-state index in [-0.39, 0.29) is 30.2 Å². The Morgan fingerprint density at radius 2 is 2.19 bits per heavy atom. The van der Waals surface area contributed by atoms with Crippen LogP contribution < -0.4 is 11.1 Å². The van der Waals surface area contributed by atoms with Gasteiger partial charge in [0.25, 0.3) is 0 Å². The van der Waals surface area contributed by atoms with E-state index in [1.165, 1.54) is 6.07 Å². The molecule has 1 aliphatic rings. The van der Waals surface area contributed by atoms with Crippen LogP contribution in [0.25, 0.3) is 0 Å². The third-order valence-electron chi connectivity index (χ3n) is 4.34. The number of benzene rings is 1. The van der Waals surface area contributed by atoms with Gasteiger partial charge in [0.1, 0.15) is 11.3 Å². The summed E-state index contributed by atoms with van der Waals surface area (Å²) in [7, 11) is 0. The number of rotatable bonds is 4. The third kappa shape index (κ3) is 3.00. The lowest BCUT2D eigenvalue weighted by Crippen LogP contribution is -2.74. The molecular weight excluding hydrogens is 292 g/mol. The average molecular weight is 315 g/mol. The van der Waals surface area contributed by atoms with Gasteiger partial charge in [-0.3, -0.25) is 4.79 Å². The van der Waals surface area contributed by atoms with Crippen molar-refractivity contribution in [2.75, 3.05) is 11.9 Å². The zero-order valence-corrected chi connectivity index (χ0v) is 13.4. The number of anilines is 1. The summed E-state index contributed by atoms with van der Waals surface area (Å²) in [6, 6.07) is 6.43. The number of nitrogens with one attached hydrogen (secondary N) is 1. The van der Waals surface area contributed by atoms with E-state index in [0.29, 0.717) is 18.7 Å². The number of halogens is 1. The van der Waals surface area contributed by atoms with Gasteiger partial charge >= 0.3 is 0 Å². The number of carbonyl (C=O) groups is 1. The third-order valence-corrected chi connectivity index (χ3v) is 4.34. The molecule has 1 aromatic rings. The standard InChI is InChI=1S/C15H22N2O3.ClH/c1-4-20-12-9-15(16,14(12,2)3)13(19)17-10-6-5-7-11(18)8-10;/h5-8,12,18H,4,9,16H2,1-3H3,(H,17,19);1H. The maximum absolute atomic E-state index is 12.4. The molecule has 2 atom stereocenters. The minimum atomic E-state index is -0.960. The number of hydrogen-bond acceptors (Lipinski definition) is 4. The Bertz CT molecular complexity index is 521. The maximum atomic E-state index is 12.4. The van der Waals surface area contributed by atoms with E-state index in [0.717, 1.165) is 0 Å². The SMILES string of the molecule is CCOC1CC(N)(C(=O)Nc2cccc(O)c2)C1(C)C.Cl. The van der Waals surface area contributed by atoms with Crippen LogP contribution in [0.1, 0.15) is 27.2 Å². The van der Waals surface area contributed by atoms with Crippen LogP contribution in [0.4, 0.5) is 5.69 Å². The molecule has 0 aliphatic heterocycles. The summed E-state index contributed by atoms with van der Waals surface area (Å²) in [5.74, 6) is -0.141. The number of hydrogen-bond donors (Lipinski definition) is 3. The van der Waals surface area contributed by atoms with Crippen LogP contribution in [0.5, 0.6) is 5.75 Å². The minimum absolute atomic E-state index is 0. The second-order valence-corrected chi connectivity index (χ2v) is 5.85. The second kappa shape index (κ2) is 6.22. The van der Waals surface area contributed by atoms with E-state index in [2.05, 4.69) is 5.32 Å². The van der Waals surface area contributed by atoms with Crippen molar-refractivity contribution in [1.82, 2.24) is 0 Å². The second-order valence-electron chi connectivity index (χ2n) is 5.85. The first kappa shape index (κ1) is 17.8. The Morgan fingerprint density at radius 1 is 1.52 bits per heavy atom. The highest BCUT2D eigenvalue weighted by Crippen LogP contribution is 2.50. The van der Waals surface area contributed by atoms with Gasteiger partial charge in [-0.1, -0.05) is 19.9 Å². The first-order valence-electron chi connectivity index (χ1n) is 6.82. The monoisotopic (exact) mass is 314 g/mol. The summed E-state index contributed by atoms with van der Waals surface area (Å²) in [4.78, 5) is 12.4. The zero-order chi connectivity index (χ0) is 15.0. The molecule has 1 saturated carbocycles. The van der Waals surface area contributed by atoms with Crippen LogP contribution in [-0.2, 0) is 9.53 Å². The van der Waals surface area contributed by atoms with Gasteiger partial charge in [0, 0.05) is 30.2 Å². The van der Waals surface area contributed by atoms with Crippen LogP contribution in [0.2, 0.25) is 0 Å². The number of nitrogens with two attached hydrogens (primary N) is 1. The number of phenols is 1. The molecule has 1 aliphatic carbocycles. The van der Waals surface area contributed by atoms with E-state index >= 15 is 0 Å². The Hall–Kier alpha value is -1.30. The van der Waals surface area contributed by atoms with Gasteiger partial charge in [0.2, 0.25) is 5.91 Å². The van der Waals surface area contributed by atoms with Crippen LogP contribution in [0.3, 0.4) is 0 Å². The molecule has 0 radical (unpaired) electrons. The smallest absolute Gasteiger partial charge is 0.245 e. The molecule has 0 heterocycles. The van der Waals surface area contributed by atoms with Crippen molar-refractivity contribution in [1.29, 1.82) is 0 Å². The highest BCUT2D eigenvalue weighted by atomic mass is 35.5. The van der Waals surface area contributed by atoms with Gasteiger partial charge in [-0.15, -0.1) is 12.4 Å². The van der Waals surface area contributed by atoms with Crippen molar-refractivity contribution in [3.63, 3.8) is 0 Å². The molecule has 1 aromatic carbocycles. The highest BCUT2D eigenvalue weighted by molar-refractivity contribution is 5.99. The number of ether oxygens (including phenoxy) is 1. The molecule has 0 spiro atoms. The largest absolute Gasteiger partial charge is 0.508 e. The number of amides is 1. The first-order chi connectivity index (χ1) is 9.31. The van der Waals surface area contributed by atoms with Crippen molar-refractivity contribution in [2.45, 2.75) is 38.8 Å². The van der Waals surface area contributed by atoms with Crippen molar-refractivity contribution < 1.29 is 14.6 Å². The zero-order valence-electron chi connectivity index (χ0n) is 12.6. The van der Waals surface area contributed by atoms with Gasteiger partial charge in [0.05, 0.1) is 6.10 Å². The highest BCUT2D eigenvalue weighted by Gasteiger charge is 2.62. The number of phenolic OH excluding ortho intramolecular Hbond substituents is 1. The van der Waals surface area contributed by atoms with Crippen molar-refractivity contribution in [2.24, 2.45) is 11.1 Å².